The molecule has 0 aliphatic heterocycles. The number of carboxylic acids is 1. The van der Waals surface area contributed by atoms with Crippen molar-refractivity contribution >= 4 is 16.9 Å². The van der Waals surface area contributed by atoms with Crippen molar-refractivity contribution in [1.29, 1.82) is 0 Å². The molecule has 106 valence electrons. The summed E-state index contributed by atoms with van der Waals surface area (Å²) in [5.41, 5.74) is 2.37. The zero-order chi connectivity index (χ0) is 14.1. The van der Waals surface area contributed by atoms with Crippen LogP contribution in [0.2, 0.25) is 0 Å². The molecule has 0 spiro atoms. The highest BCUT2D eigenvalue weighted by atomic mass is 16.4. The molecule has 2 aromatic rings. The lowest BCUT2D eigenvalue weighted by Crippen LogP contribution is -2.12. The summed E-state index contributed by atoms with van der Waals surface area (Å²) in [5, 5.41) is 10.3. The van der Waals surface area contributed by atoms with Gasteiger partial charge in [-0.2, -0.15) is 0 Å². The topological polar surface area (TPSA) is 42.2 Å². The van der Waals surface area contributed by atoms with Crippen LogP contribution in [-0.4, -0.2) is 15.6 Å². The molecule has 1 aromatic heterocycles. The lowest BCUT2D eigenvalue weighted by Gasteiger charge is -2.14. The summed E-state index contributed by atoms with van der Waals surface area (Å²) in [6.07, 6.45) is 7.95. The highest BCUT2D eigenvalue weighted by Crippen LogP contribution is 2.33. The van der Waals surface area contributed by atoms with E-state index in [9.17, 15) is 4.79 Å². The van der Waals surface area contributed by atoms with Gasteiger partial charge in [-0.1, -0.05) is 31.9 Å². The summed E-state index contributed by atoms with van der Waals surface area (Å²) < 4.78 is 2.39. The van der Waals surface area contributed by atoms with E-state index in [4.69, 9.17) is 5.11 Å². The molecule has 0 amide bonds. The zero-order valence-corrected chi connectivity index (χ0v) is 11.9. The molecular formula is C17H21NO2. The van der Waals surface area contributed by atoms with Crippen LogP contribution in [0.4, 0.5) is 0 Å². The highest BCUT2D eigenvalue weighted by molar-refractivity contribution is 5.81. The molecule has 3 rings (SSSR count). The van der Waals surface area contributed by atoms with E-state index in [0.29, 0.717) is 12.5 Å². The number of carboxylic acid groups (broad SMARTS) is 1. The van der Waals surface area contributed by atoms with Crippen LogP contribution >= 0.6 is 0 Å². The normalized spacial score (nSPS) is 17.6. The molecule has 1 aliphatic rings. The molecule has 0 bridgehead atoms. The first-order chi connectivity index (χ1) is 9.65. The summed E-state index contributed by atoms with van der Waals surface area (Å²) in [4.78, 5) is 11.0. The van der Waals surface area contributed by atoms with Gasteiger partial charge in [-0.25, -0.2) is 0 Å². The van der Waals surface area contributed by atoms with Gasteiger partial charge in [0.2, 0.25) is 0 Å². The fourth-order valence-corrected chi connectivity index (χ4v) is 3.26. The first-order valence-electron chi connectivity index (χ1n) is 7.47. The van der Waals surface area contributed by atoms with Crippen LogP contribution in [0, 0.1) is 5.92 Å². The van der Waals surface area contributed by atoms with Crippen molar-refractivity contribution in [2.24, 2.45) is 5.92 Å². The van der Waals surface area contributed by atoms with E-state index in [1.807, 2.05) is 0 Å². The molecule has 3 heteroatoms. The third kappa shape index (κ3) is 2.45. The summed E-state index contributed by atoms with van der Waals surface area (Å²) in [5.74, 6) is -1.06. The van der Waals surface area contributed by atoms with Gasteiger partial charge in [-0.15, -0.1) is 0 Å². The maximum absolute atomic E-state index is 11.0. The largest absolute Gasteiger partial charge is 0.481 e. The van der Waals surface area contributed by atoms with Crippen LogP contribution < -0.4 is 0 Å². The Bertz CT molecular complexity index is 623. The average Bonchev–Trinajstić information content (AvgIpc) is 3.06. The van der Waals surface area contributed by atoms with E-state index in [1.165, 1.54) is 36.6 Å². The van der Waals surface area contributed by atoms with E-state index >= 15 is 0 Å². The molecule has 1 aliphatic carbocycles. The molecule has 1 heterocycles. The minimum Gasteiger partial charge on any atom is -0.481 e. The zero-order valence-electron chi connectivity index (χ0n) is 11.9. The molecule has 3 nitrogen and oxygen atoms in total. The van der Waals surface area contributed by atoms with Gasteiger partial charge < -0.3 is 9.67 Å². The van der Waals surface area contributed by atoms with Crippen molar-refractivity contribution in [3.8, 4) is 0 Å². The smallest absolute Gasteiger partial charge is 0.306 e. The maximum Gasteiger partial charge on any atom is 0.306 e. The monoisotopic (exact) mass is 271 g/mol. The Balaban J connectivity index is 1.92. The SMILES string of the molecule is CC(Cc1ccc2ccn(C3CCCC3)c2c1)C(=O)O. The Hall–Kier alpha value is -1.77. The van der Waals surface area contributed by atoms with Crippen molar-refractivity contribution in [2.75, 3.05) is 0 Å². The molecule has 0 radical (unpaired) electrons. The van der Waals surface area contributed by atoms with Crippen LogP contribution in [0.15, 0.2) is 30.5 Å². The quantitative estimate of drug-likeness (QED) is 0.912. The van der Waals surface area contributed by atoms with Crippen molar-refractivity contribution < 1.29 is 9.90 Å². The Morgan fingerprint density at radius 1 is 1.35 bits per heavy atom. The van der Waals surface area contributed by atoms with Gasteiger partial charge in [0, 0.05) is 17.8 Å². The van der Waals surface area contributed by atoms with Crippen molar-refractivity contribution in [3.63, 3.8) is 0 Å². The van der Waals surface area contributed by atoms with Crippen LogP contribution in [-0.2, 0) is 11.2 Å². The number of hydrogen-bond acceptors (Lipinski definition) is 1. The number of hydrogen-bond donors (Lipinski definition) is 1. The van der Waals surface area contributed by atoms with Crippen molar-refractivity contribution in [3.05, 3.63) is 36.0 Å². The minimum absolute atomic E-state index is 0.331. The number of rotatable bonds is 4. The molecule has 1 fully saturated rings. The summed E-state index contributed by atoms with van der Waals surface area (Å²) >= 11 is 0. The number of nitrogens with zero attached hydrogens (tertiary/aromatic N) is 1. The van der Waals surface area contributed by atoms with Gasteiger partial charge in [0.05, 0.1) is 5.92 Å². The molecule has 1 unspecified atom stereocenters. The van der Waals surface area contributed by atoms with Crippen LogP contribution in [0.5, 0.6) is 0 Å². The van der Waals surface area contributed by atoms with Crippen molar-refractivity contribution in [2.45, 2.75) is 45.1 Å². The lowest BCUT2D eigenvalue weighted by molar-refractivity contribution is -0.141. The van der Waals surface area contributed by atoms with E-state index in [-0.39, 0.29) is 5.92 Å². The van der Waals surface area contributed by atoms with Gasteiger partial charge in [0.15, 0.2) is 0 Å². The van der Waals surface area contributed by atoms with Crippen LogP contribution in [0.3, 0.4) is 0 Å². The molecule has 1 saturated carbocycles. The van der Waals surface area contributed by atoms with E-state index in [1.54, 1.807) is 6.92 Å². The van der Waals surface area contributed by atoms with Gasteiger partial charge in [0.1, 0.15) is 0 Å². The van der Waals surface area contributed by atoms with Crippen LogP contribution in [0.25, 0.3) is 10.9 Å². The number of aliphatic carboxylic acids is 1. The summed E-state index contributed by atoms with van der Waals surface area (Å²) in [6, 6.07) is 9.14. The number of benzene rings is 1. The van der Waals surface area contributed by atoms with Gasteiger partial charge in [-0.3, -0.25) is 4.79 Å². The molecule has 1 aromatic carbocycles. The average molecular weight is 271 g/mol. The fraction of sp³-hybridized carbons (Fsp3) is 0.471. The second kappa shape index (κ2) is 5.31. The Morgan fingerprint density at radius 2 is 2.10 bits per heavy atom. The minimum atomic E-state index is -0.726. The predicted molar refractivity (Wildman–Crippen MR) is 79.9 cm³/mol. The molecule has 1 atom stereocenters. The first-order valence-corrected chi connectivity index (χ1v) is 7.47. The number of carbonyl (C=O) groups is 1. The number of aromatic nitrogens is 1. The van der Waals surface area contributed by atoms with Gasteiger partial charge in [0.25, 0.3) is 0 Å². The Kier molecular flexibility index (Phi) is 3.51. The predicted octanol–water partition coefficient (Wildman–Crippen LogP) is 4.02. The van der Waals surface area contributed by atoms with E-state index < -0.39 is 5.97 Å². The molecular weight excluding hydrogens is 250 g/mol. The van der Waals surface area contributed by atoms with E-state index in [2.05, 4.69) is 35.0 Å². The second-order valence-electron chi connectivity index (χ2n) is 6.00. The first kappa shape index (κ1) is 13.2. The Labute approximate surface area is 119 Å². The lowest BCUT2D eigenvalue weighted by atomic mass is 10.0. The Morgan fingerprint density at radius 3 is 2.80 bits per heavy atom. The van der Waals surface area contributed by atoms with Crippen molar-refractivity contribution in [1.82, 2.24) is 4.57 Å². The fourth-order valence-electron chi connectivity index (χ4n) is 3.26. The van der Waals surface area contributed by atoms with Crippen LogP contribution in [0.1, 0.15) is 44.2 Å². The number of fused-ring (bicyclic) bond motifs is 1. The third-order valence-corrected chi connectivity index (χ3v) is 4.47. The molecule has 0 saturated heterocycles. The third-order valence-electron chi connectivity index (χ3n) is 4.47. The summed E-state index contributed by atoms with van der Waals surface area (Å²) in [7, 11) is 0. The molecule has 1 N–H and O–H groups in total. The van der Waals surface area contributed by atoms with E-state index in [0.717, 1.165) is 5.56 Å². The second-order valence-corrected chi connectivity index (χ2v) is 6.00. The maximum atomic E-state index is 11.0. The summed E-state index contributed by atoms with van der Waals surface area (Å²) in [6.45, 7) is 1.77. The molecule has 20 heavy (non-hydrogen) atoms. The van der Waals surface area contributed by atoms with Gasteiger partial charge >= 0.3 is 5.97 Å². The standard InChI is InChI=1S/C17H21NO2/c1-12(17(19)20)10-13-6-7-14-8-9-18(16(14)11-13)15-4-2-3-5-15/h6-9,11-12,15H,2-5,10H2,1H3,(H,19,20). The highest BCUT2D eigenvalue weighted by Gasteiger charge is 2.18. The van der Waals surface area contributed by atoms with Gasteiger partial charge in [-0.05, 0) is 42.3 Å².